The van der Waals surface area contributed by atoms with Crippen molar-refractivity contribution in [2.45, 2.75) is 83.3 Å². The molecule has 1 aromatic rings. The Labute approximate surface area is 153 Å². The third kappa shape index (κ3) is 4.14. The summed E-state index contributed by atoms with van der Waals surface area (Å²) < 4.78 is 0. The van der Waals surface area contributed by atoms with Gasteiger partial charge in [0, 0.05) is 34.8 Å². The SMILES string of the molecule is Cc1nc(NC2CC(C)(C)N(C)C(C)(C)C2)cc(C2CCNCC2)n1. The molecule has 2 N–H and O–H groups in total. The maximum Gasteiger partial charge on any atom is 0.130 e. The van der Waals surface area contributed by atoms with E-state index in [9.17, 15) is 0 Å². The number of rotatable bonds is 3. The molecule has 3 heterocycles. The van der Waals surface area contributed by atoms with Crippen LogP contribution in [0.15, 0.2) is 6.07 Å². The van der Waals surface area contributed by atoms with E-state index in [4.69, 9.17) is 4.98 Å². The maximum absolute atomic E-state index is 4.73. The van der Waals surface area contributed by atoms with E-state index in [-0.39, 0.29) is 11.1 Å². The van der Waals surface area contributed by atoms with Crippen molar-refractivity contribution < 1.29 is 0 Å². The summed E-state index contributed by atoms with van der Waals surface area (Å²) in [7, 11) is 2.25. The molecule has 2 aliphatic rings. The van der Waals surface area contributed by atoms with Crippen molar-refractivity contribution in [3.05, 3.63) is 17.6 Å². The average Bonchev–Trinajstić information content (AvgIpc) is 2.52. The highest BCUT2D eigenvalue weighted by Gasteiger charge is 2.43. The molecule has 3 rings (SSSR count). The Morgan fingerprint density at radius 1 is 1.08 bits per heavy atom. The van der Waals surface area contributed by atoms with E-state index in [1.807, 2.05) is 6.92 Å². The van der Waals surface area contributed by atoms with Crippen molar-refractivity contribution in [2.75, 3.05) is 25.5 Å². The number of hydrogen-bond donors (Lipinski definition) is 2. The fraction of sp³-hybridized carbons (Fsp3) is 0.800. The summed E-state index contributed by atoms with van der Waals surface area (Å²) in [5.74, 6) is 2.45. The molecular weight excluding hydrogens is 310 g/mol. The highest BCUT2D eigenvalue weighted by Crippen LogP contribution is 2.38. The van der Waals surface area contributed by atoms with Crippen LogP contribution in [0.3, 0.4) is 0 Å². The van der Waals surface area contributed by atoms with Crippen molar-refractivity contribution in [1.29, 1.82) is 0 Å². The number of hydrogen-bond acceptors (Lipinski definition) is 5. The average molecular weight is 346 g/mol. The second-order valence-electron chi connectivity index (χ2n) is 9.18. The molecule has 1 aromatic heterocycles. The van der Waals surface area contributed by atoms with E-state index in [1.165, 1.54) is 18.5 Å². The first kappa shape index (κ1) is 18.6. The van der Waals surface area contributed by atoms with Gasteiger partial charge in [0.1, 0.15) is 11.6 Å². The molecule has 0 aromatic carbocycles. The third-order valence-corrected chi connectivity index (χ3v) is 6.28. The molecule has 2 fully saturated rings. The Hall–Kier alpha value is -1.20. The fourth-order valence-electron chi connectivity index (χ4n) is 4.67. The predicted molar refractivity (Wildman–Crippen MR) is 104 cm³/mol. The maximum atomic E-state index is 4.73. The molecule has 5 nitrogen and oxygen atoms in total. The highest BCUT2D eigenvalue weighted by molar-refractivity contribution is 5.39. The van der Waals surface area contributed by atoms with Crippen molar-refractivity contribution in [3.8, 4) is 0 Å². The van der Waals surface area contributed by atoms with Gasteiger partial charge in [-0.3, -0.25) is 4.90 Å². The Kier molecular flexibility index (Phi) is 5.09. The number of aromatic nitrogens is 2. The summed E-state index contributed by atoms with van der Waals surface area (Å²) in [5.41, 5.74) is 1.57. The number of piperidine rings is 2. The van der Waals surface area contributed by atoms with Gasteiger partial charge in [-0.15, -0.1) is 0 Å². The lowest BCUT2D eigenvalue weighted by atomic mass is 9.77. The van der Waals surface area contributed by atoms with Crippen molar-refractivity contribution in [2.24, 2.45) is 0 Å². The van der Waals surface area contributed by atoms with Gasteiger partial charge in [0.2, 0.25) is 0 Å². The smallest absolute Gasteiger partial charge is 0.130 e. The Balaban J connectivity index is 1.77. The van der Waals surface area contributed by atoms with Crippen LogP contribution in [0.4, 0.5) is 5.82 Å². The Bertz CT molecular complexity index is 586. The summed E-state index contributed by atoms with van der Waals surface area (Å²) in [6.45, 7) is 13.6. The van der Waals surface area contributed by atoms with Gasteiger partial charge in [0.15, 0.2) is 0 Å². The topological polar surface area (TPSA) is 53.1 Å². The summed E-state index contributed by atoms with van der Waals surface area (Å²) in [4.78, 5) is 11.9. The fourth-order valence-corrected chi connectivity index (χ4v) is 4.67. The van der Waals surface area contributed by atoms with E-state index >= 15 is 0 Å². The molecule has 0 bridgehead atoms. The predicted octanol–water partition coefficient (Wildman–Crippen LogP) is 3.32. The zero-order chi connectivity index (χ0) is 18.2. The molecule has 0 amide bonds. The molecule has 0 radical (unpaired) electrons. The van der Waals surface area contributed by atoms with E-state index < -0.39 is 0 Å². The molecule has 140 valence electrons. The zero-order valence-electron chi connectivity index (χ0n) is 16.8. The van der Waals surface area contributed by atoms with Gasteiger partial charge < -0.3 is 10.6 Å². The van der Waals surface area contributed by atoms with Gasteiger partial charge in [0.25, 0.3) is 0 Å². The van der Waals surface area contributed by atoms with Crippen LogP contribution in [0.25, 0.3) is 0 Å². The molecule has 0 spiro atoms. The lowest BCUT2D eigenvalue weighted by Gasteiger charge is -2.53. The number of nitrogens with zero attached hydrogens (tertiary/aromatic N) is 3. The number of likely N-dealkylation sites (tertiary alicyclic amines) is 1. The van der Waals surface area contributed by atoms with Crippen LogP contribution >= 0.6 is 0 Å². The second kappa shape index (κ2) is 6.84. The number of anilines is 1. The van der Waals surface area contributed by atoms with Gasteiger partial charge >= 0.3 is 0 Å². The van der Waals surface area contributed by atoms with Crippen molar-refractivity contribution in [1.82, 2.24) is 20.2 Å². The molecule has 0 aliphatic carbocycles. The van der Waals surface area contributed by atoms with Crippen LogP contribution in [0.1, 0.15) is 70.8 Å². The summed E-state index contributed by atoms with van der Waals surface area (Å²) in [6.07, 6.45) is 4.59. The minimum Gasteiger partial charge on any atom is -0.367 e. The first-order valence-corrected chi connectivity index (χ1v) is 9.74. The Morgan fingerprint density at radius 2 is 1.68 bits per heavy atom. The van der Waals surface area contributed by atoms with Crippen molar-refractivity contribution in [3.63, 3.8) is 0 Å². The zero-order valence-corrected chi connectivity index (χ0v) is 16.8. The van der Waals surface area contributed by atoms with Crippen LogP contribution in [0.2, 0.25) is 0 Å². The molecule has 0 atom stereocenters. The van der Waals surface area contributed by atoms with Crippen molar-refractivity contribution >= 4 is 5.82 Å². The van der Waals surface area contributed by atoms with Crippen LogP contribution < -0.4 is 10.6 Å². The van der Waals surface area contributed by atoms with Gasteiger partial charge in [-0.2, -0.15) is 0 Å². The molecule has 0 unspecified atom stereocenters. The molecule has 2 saturated heterocycles. The van der Waals surface area contributed by atoms with Crippen LogP contribution in [0.5, 0.6) is 0 Å². The van der Waals surface area contributed by atoms with E-state index in [0.717, 1.165) is 37.6 Å². The third-order valence-electron chi connectivity index (χ3n) is 6.28. The summed E-state index contributed by atoms with van der Waals surface area (Å²) in [5, 5.41) is 7.18. The highest BCUT2D eigenvalue weighted by atomic mass is 15.2. The van der Waals surface area contributed by atoms with Gasteiger partial charge in [-0.1, -0.05) is 0 Å². The quantitative estimate of drug-likeness (QED) is 0.880. The largest absolute Gasteiger partial charge is 0.367 e. The van der Waals surface area contributed by atoms with Crippen LogP contribution in [0, 0.1) is 6.92 Å². The van der Waals surface area contributed by atoms with Gasteiger partial charge in [-0.05, 0) is 80.4 Å². The molecule has 2 aliphatic heterocycles. The number of nitrogens with one attached hydrogen (secondary N) is 2. The molecule has 0 saturated carbocycles. The summed E-state index contributed by atoms with van der Waals surface area (Å²) >= 11 is 0. The lowest BCUT2D eigenvalue weighted by Crippen LogP contribution is -2.61. The standard InChI is InChI=1S/C20H35N5/c1-14-22-17(15-7-9-21-10-8-15)11-18(23-14)24-16-12-19(2,3)25(6)20(4,5)13-16/h11,15-16,21H,7-10,12-13H2,1-6H3,(H,22,23,24). The minimum atomic E-state index is 0.180. The number of aryl methyl sites for hydroxylation is 1. The van der Waals surface area contributed by atoms with E-state index in [1.54, 1.807) is 0 Å². The first-order chi connectivity index (χ1) is 11.7. The molecular formula is C20H35N5. The normalized spacial score (nSPS) is 25.0. The van der Waals surface area contributed by atoms with E-state index in [2.05, 4.69) is 61.3 Å². The second-order valence-corrected chi connectivity index (χ2v) is 9.18. The first-order valence-electron chi connectivity index (χ1n) is 9.74. The minimum absolute atomic E-state index is 0.180. The lowest BCUT2D eigenvalue weighted by molar-refractivity contribution is -0.00772. The molecule has 5 heteroatoms. The monoisotopic (exact) mass is 345 g/mol. The van der Waals surface area contributed by atoms with Crippen LogP contribution in [-0.2, 0) is 0 Å². The van der Waals surface area contributed by atoms with Crippen LogP contribution in [-0.4, -0.2) is 52.1 Å². The van der Waals surface area contributed by atoms with E-state index in [0.29, 0.717) is 12.0 Å². The summed E-state index contributed by atoms with van der Waals surface area (Å²) in [6, 6.07) is 2.64. The molecule has 25 heavy (non-hydrogen) atoms. The Morgan fingerprint density at radius 3 is 2.28 bits per heavy atom. The van der Waals surface area contributed by atoms with Gasteiger partial charge in [-0.25, -0.2) is 9.97 Å². The van der Waals surface area contributed by atoms with Gasteiger partial charge in [0.05, 0.1) is 0 Å².